The zero-order valence-electron chi connectivity index (χ0n) is 20.1. The molecule has 0 fully saturated rings. The van der Waals surface area contributed by atoms with Gasteiger partial charge in [0.2, 0.25) is 0 Å². The molecule has 0 saturated carbocycles. The van der Waals surface area contributed by atoms with Crippen molar-refractivity contribution in [1.29, 1.82) is 0 Å². The van der Waals surface area contributed by atoms with Crippen LogP contribution in [0.3, 0.4) is 0 Å². The van der Waals surface area contributed by atoms with Gasteiger partial charge in [-0.05, 0) is 55.0 Å². The van der Waals surface area contributed by atoms with Crippen molar-refractivity contribution in [3.63, 3.8) is 0 Å². The van der Waals surface area contributed by atoms with E-state index >= 15 is 0 Å². The Morgan fingerprint density at radius 1 is 0.750 bits per heavy atom. The number of sulfonamides is 1. The van der Waals surface area contributed by atoms with Crippen LogP contribution in [0.25, 0.3) is 5.70 Å². The van der Waals surface area contributed by atoms with Gasteiger partial charge in [0.25, 0.3) is 10.0 Å². The highest BCUT2D eigenvalue weighted by Gasteiger charge is 2.37. The summed E-state index contributed by atoms with van der Waals surface area (Å²) in [5.74, 6) is 1.11. The molecule has 0 amide bonds. The van der Waals surface area contributed by atoms with Crippen LogP contribution in [0.5, 0.6) is 5.75 Å². The summed E-state index contributed by atoms with van der Waals surface area (Å²) >= 11 is 0. The van der Waals surface area contributed by atoms with Crippen molar-refractivity contribution in [3.8, 4) is 5.75 Å². The molecule has 1 aliphatic heterocycles. The lowest BCUT2D eigenvalue weighted by atomic mass is 10.0. The maximum atomic E-state index is 14.2. The van der Waals surface area contributed by atoms with E-state index in [9.17, 15) is 8.42 Å². The van der Waals surface area contributed by atoms with Crippen LogP contribution in [0.15, 0.2) is 125 Å². The SMILES string of the molecule is COc1ccc(C2=CC(c3ccccc3)N(S(=O)(=O)c3ccc(C)cc3)C(c3ccccc3)=N2)cc1. The Morgan fingerprint density at radius 3 is 1.97 bits per heavy atom. The topological polar surface area (TPSA) is 59.0 Å². The first kappa shape index (κ1) is 23.6. The van der Waals surface area contributed by atoms with Crippen molar-refractivity contribution in [1.82, 2.24) is 4.31 Å². The molecule has 5 nitrogen and oxygen atoms in total. The number of hydrogen-bond acceptors (Lipinski definition) is 4. The summed E-state index contributed by atoms with van der Waals surface area (Å²) in [5, 5.41) is 0. The first-order valence-electron chi connectivity index (χ1n) is 11.6. The van der Waals surface area contributed by atoms with Gasteiger partial charge < -0.3 is 4.74 Å². The Labute approximate surface area is 212 Å². The van der Waals surface area contributed by atoms with Crippen molar-refractivity contribution in [2.24, 2.45) is 4.99 Å². The van der Waals surface area contributed by atoms with Gasteiger partial charge in [-0.3, -0.25) is 0 Å². The molecule has 0 aromatic heterocycles. The highest BCUT2D eigenvalue weighted by Crippen LogP contribution is 2.38. The Kier molecular flexibility index (Phi) is 6.44. The largest absolute Gasteiger partial charge is 0.497 e. The van der Waals surface area contributed by atoms with Crippen molar-refractivity contribution >= 4 is 21.6 Å². The van der Waals surface area contributed by atoms with Crippen LogP contribution in [0, 0.1) is 6.92 Å². The monoisotopic (exact) mass is 494 g/mol. The predicted octanol–water partition coefficient (Wildman–Crippen LogP) is 6.24. The molecule has 0 radical (unpaired) electrons. The average Bonchev–Trinajstić information content (AvgIpc) is 2.93. The summed E-state index contributed by atoms with van der Waals surface area (Å²) in [6.45, 7) is 1.94. The number of aliphatic imine (C=N–C) groups is 1. The van der Waals surface area contributed by atoms with E-state index in [0.717, 1.165) is 22.4 Å². The van der Waals surface area contributed by atoms with E-state index in [1.807, 2.05) is 110 Å². The normalized spacial score (nSPS) is 15.7. The maximum Gasteiger partial charge on any atom is 0.266 e. The van der Waals surface area contributed by atoms with E-state index in [1.165, 1.54) is 4.31 Å². The molecule has 36 heavy (non-hydrogen) atoms. The quantitative estimate of drug-likeness (QED) is 0.319. The smallest absolute Gasteiger partial charge is 0.266 e. The molecule has 4 aromatic carbocycles. The summed E-state index contributed by atoms with van der Waals surface area (Å²) in [4.78, 5) is 5.15. The first-order chi connectivity index (χ1) is 17.5. The third-order valence-electron chi connectivity index (χ3n) is 6.14. The number of amidine groups is 1. The van der Waals surface area contributed by atoms with Gasteiger partial charge in [-0.15, -0.1) is 0 Å². The van der Waals surface area contributed by atoms with E-state index in [2.05, 4.69) is 0 Å². The number of hydrogen-bond donors (Lipinski definition) is 0. The molecule has 4 aromatic rings. The molecule has 5 rings (SSSR count). The zero-order chi connectivity index (χ0) is 25.1. The molecule has 1 aliphatic rings. The molecule has 0 saturated heterocycles. The fourth-order valence-corrected chi connectivity index (χ4v) is 5.78. The Bertz CT molecular complexity index is 1510. The van der Waals surface area contributed by atoms with E-state index < -0.39 is 16.1 Å². The second-order valence-corrected chi connectivity index (χ2v) is 10.4. The lowest BCUT2D eigenvalue weighted by Gasteiger charge is -2.35. The summed E-state index contributed by atoms with van der Waals surface area (Å²) in [6, 6.07) is 33.0. The summed E-state index contributed by atoms with van der Waals surface area (Å²) in [7, 11) is -2.33. The Morgan fingerprint density at radius 2 is 1.36 bits per heavy atom. The van der Waals surface area contributed by atoms with Gasteiger partial charge >= 0.3 is 0 Å². The fraction of sp³-hybridized carbons (Fsp3) is 0.100. The Balaban J connectivity index is 1.74. The molecule has 0 aliphatic carbocycles. The number of nitrogens with zero attached hydrogens (tertiary/aromatic N) is 2. The molecule has 1 heterocycles. The van der Waals surface area contributed by atoms with Crippen molar-refractivity contribution in [2.45, 2.75) is 17.9 Å². The van der Waals surface area contributed by atoms with E-state index in [-0.39, 0.29) is 4.90 Å². The van der Waals surface area contributed by atoms with Crippen LogP contribution >= 0.6 is 0 Å². The first-order valence-corrected chi connectivity index (χ1v) is 13.1. The van der Waals surface area contributed by atoms with Gasteiger partial charge in [0.15, 0.2) is 5.84 Å². The molecular formula is C30H26N2O3S. The van der Waals surface area contributed by atoms with Gasteiger partial charge in [-0.25, -0.2) is 17.7 Å². The van der Waals surface area contributed by atoms with Gasteiger partial charge in [0.05, 0.1) is 23.7 Å². The molecular weight excluding hydrogens is 468 g/mol. The molecule has 0 spiro atoms. The predicted molar refractivity (Wildman–Crippen MR) is 143 cm³/mol. The molecule has 1 atom stereocenters. The molecule has 1 unspecified atom stereocenters. The molecule has 6 heteroatoms. The van der Waals surface area contributed by atoms with E-state index in [0.29, 0.717) is 17.1 Å². The minimum Gasteiger partial charge on any atom is -0.497 e. The minimum absolute atomic E-state index is 0.221. The molecule has 0 bridgehead atoms. The Hall–Kier alpha value is -4.16. The van der Waals surface area contributed by atoms with Gasteiger partial charge in [-0.1, -0.05) is 78.4 Å². The van der Waals surface area contributed by atoms with Gasteiger partial charge in [-0.2, -0.15) is 0 Å². The van der Waals surface area contributed by atoms with Crippen LogP contribution in [-0.2, 0) is 10.0 Å². The van der Waals surface area contributed by atoms with Gasteiger partial charge in [0.1, 0.15) is 5.75 Å². The number of aryl methyl sites for hydroxylation is 1. The number of benzene rings is 4. The highest BCUT2D eigenvalue weighted by atomic mass is 32.2. The van der Waals surface area contributed by atoms with Crippen molar-refractivity contribution < 1.29 is 13.2 Å². The number of methoxy groups -OCH3 is 1. The van der Waals surface area contributed by atoms with Crippen LogP contribution in [0.2, 0.25) is 0 Å². The van der Waals surface area contributed by atoms with Crippen LogP contribution in [0.4, 0.5) is 0 Å². The average molecular weight is 495 g/mol. The number of rotatable bonds is 6. The lowest BCUT2D eigenvalue weighted by molar-refractivity contribution is 0.415. The minimum atomic E-state index is -3.95. The second-order valence-electron chi connectivity index (χ2n) is 8.55. The number of ether oxygens (including phenoxy) is 1. The second kappa shape index (κ2) is 9.84. The van der Waals surface area contributed by atoms with Crippen LogP contribution < -0.4 is 4.74 Å². The summed E-state index contributed by atoms with van der Waals surface area (Å²) in [6.07, 6.45) is 1.91. The highest BCUT2D eigenvalue weighted by molar-refractivity contribution is 7.89. The maximum absolute atomic E-state index is 14.2. The summed E-state index contributed by atoms with van der Waals surface area (Å²) in [5.41, 5.74) is 4.12. The zero-order valence-corrected chi connectivity index (χ0v) is 20.9. The third kappa shape index (κ3) is 4.55. The van der Waals surface area contributed by atoms with Gasteiger partial charge in [0, 0.05) is 11.1 Å². The van der Waals surface area contributed by atoms with Crippen molar-refractivity contribution in [3.05, 3.63) is 138 Å². The van der Waals surface area contributed by atoms with E-state index in [1.54, 1.807) is 19.2 Å². The summed E-state index contributed by atoms with van der Waals surface area (Å²) < 4.78 is 35.1. The lowest BCUT2D eigenvalue weighted by Crippen LogP contribution is -2.41. The van der Waals surface area contributed by atoms with Crippen LogP contribution in [-0.4, -0.2) is 25.7 Å². The fourth-order valence-electron chi connectivity index (χ4n) is 4.22. The third-order valence-corrected chi connectivity index (χ3v) is 7.93. The molecule has 180 valence electrons. The van der Waals surface area contributed by atoms with Crippen LogP contribution in [0.1, 0.15) is 28.3 Å². The van der Waals surface area contributed by atoms with E-state index in [4.69, 9.17) is 9.73 Å². The van der Waals surface area contributed by atoms with Crippen molar-refractivity contribution in [2.75, 3.05) is 7.11 Å². The standard InChI is InChI=1S/C30H26N2O3S/c1-22-13-19-27(20-14-22)36(33,34)32-29(24-9-5-3-6-10-24)21-28(23-15-17-26(35-2)18-16-23)31-30(32)25-11-7-4-8-12-25/h3-21,29H,1-2H3. The molecule has 0 N–H and O–H groups in total.